The first-order valence-corrected chi connectivity index (χ1v) is 12.0. The topological polar surface area (TPSA) is 115 Å². The Kier molecular flexibility index (Phi) is 6.30. The highest BCUT2D eigenvalue weighted by molar-refractivity contribution is 5.99. The van der Waals surface area contributed by atoms with Crippen molar-refractivity contribution in [1.82, 2.24) is 19.8 Å². The van der Waals surface area contributed by atoms with E-state index in [1.54, 1.807) is 17.9 Å². The fourth-order valence-corrected chi connectivity index (χ4v) is 4.45. The van der Waals surface area contributed by atoms with Crippen LogP contribution in [0, 0.1) is 5.92 Å². The monoisotopic (exact) mass is 517 g/mol. The lowest BCUT2D eigenvalue weighted by molar-refractivity contribution is -0.141. The van der Waals surface area contributed by atoms with E-state index in [1.165, 1.54) is 24.1 Å². The molecule has 37 heavy (non-hydrogen) atoms. The molecule has 1 aliphatic heterocycles. The molecule has 1 saturated heterocycles. The van der Waals surface area contributed by atoms with Crippen LogP contribution in [-0.4, -0.2) is 64.9 Å². The molecule has 3 heterocycles. The number of benzene rings is 1. The van der Waals surface area contributed by atoms with Crippen molar-refractivity contribution in [3.63, 3.8) is 0 Å². The standard InChI is InChI=1S/C25H26F3N5O4/c1-13(29)22-21(24(35)33-10-9-32(19(34)12-33)11-14-3-4-14)31-23(37-22)16-5-7-17(36-2)20-15(16)6-8-18(30-20)25(26,27)28/h5-8,13-14H,3-4,9-12,29H2,1-2H3/t13-/m0/s1. The van der Waals surface area contributed by atoms with Gasteiger partial charge >= 0.3 is 6.18 Å². The van der Waals surface area contributed by atoms with E-state index in [0.29, 0.717) is 36.5 Å². The van der Waals surface area contributed by atoms with Crippen LogP contribution in [0.4, 0.5) is 13.2 Å². The third-order valence-corrected chi connectivity index (χ3v) is 6.61. The number of hydrogen-bond acceptors (Lipinski definition) is 7. The Hall–Kier alpha value is -3.67. The van der Waals surface area contributed by atoms with E-state index in [9.17, 15) is 22.8 Å². The summed E-state index contributed by atoms with van der Waals surface area (Å²) in [5.41, 5.74) is 5.27. The number of fused-ring (bicyclic) bond motifs is 1. The number of ether oxygens (including phenoxy) is 1. The first kappa shape index (κ1) is 25.0. The van der Waals surface area contributed by atoms with E-state index in [4.69, 9.17) is 14.9 Å². The summed E-state index contributed by atoms with van der Waals surface area (Å²) in [6, 6.07) is 4.45. The molecule has 9 nitrogen and oxygen atoms in total. The molecule has 2 aliphatic rings. The van der Waals surface area contributed by atoms with Crippen molar-refractivity contribution < 1.29 is 31.9 Å². The summed E-state index contributed by atoms with van der Waals surface area (Å²) in [4.78, 5) is 37.4. The van der Waals surface area contributed by atoms with Crippen molar-refractivity contribution in [3.8, 4) is 17.2 Å². The second kappa shape index (κ2) is 9.33. The molecular weight excluding hydrogens is 491 g/mol. The molecule has 1 saturated carbocycles. The van der Waals surface area contributed by atoms with E-state index in [0.717, 1.165) is 18.9 Å². The summed E-state index contributed by atoms with van der Waals surface area (Å²) in [5.74, 6) is 0.209. The summed E-state index contributed by atoms with van der Waals surface area (Å²) in [6.45, 7) is 3.07. The van der Waals surface area contributed by atoms with Crippen LogP contribution < -0.4 is 10.5 Å². The molecule has 2 fully saturated rings. The van der Waals surface area contributed by atoms with Crippen LogP contribution in [0.1, 0.15) is 47.7 Å². The van der Waals surface area contributed by atoms with Crippen LogP contribution in [0.25, 0.3) is 22.4 Å². The predicted octanol–water partition coefficient (Wildman–Crippen LogP) is 3.63. The van der Waals surface area contributed by atoms with E-state index in [-0.39, 0.29) is 41.1 Å². The lowest BCUT2D eigenvalue weighted by atomic mass is 10.1. The number of nitrogens with two attached hydrogens (primary N) is 1. The Bertz CT molecular complexity index is 1370. The van der Waals surface area contributed by atoms with Gasteiger partial charge in [-0.3, -0.25) is 9.59 Å². The van der Waals surface area contributed by atoms with Gasteiger partial charge in [-0.2, -0.15) is 13.2 Å². The second-order valence-corrected chi connectivity index (χ2v) is 9.44. The van der Waals surface area contributed by atoms with E-state index >= 15 is 0 Å². The highest BCUT2D eigenvalue weighted by Crippen LogP contribution is 2.37. The summed E-state index contributed by atoms with van der Waals surface area (Å²) >= 11 is 0. The summed E-state index contributed by atoms with van der Waals surface area (Å²) < 4.78 is 51.0. The van der Waals surface area contributed by atoms with Gasteiger partial charge in [0.2, 0.25) is 11.8 Å². The smallest absolute Gasteiger partial charge is 0.433 e. The highest BCUT2D eigenvalue weighted by atomic mass is 19.4. The molecular formula is C25H26F3N5O4. The Morgan fingerprint density at radius 2 is 1.97 bits per heavy atom. The SMILES string of the molecule is COc1ccc(-c2nc(C(=O)N3CCN(CC4CC4)C(=O)C3)c([C@H](C)N)o2)c2ccc(C(F)(F)F)nc12. The number of methoxy groups -OCH3 is 1. The molecule has 1 aliphatic carbocycles. The molecule has 2 amide bonds. The number of alkyl halides is 3. The van der Waals surface area contributed by atoms with Crippen molar-refractivity contribution >= 4 is 22.7 Å². The third kappa shape index (κ3) is 4.85. The van der Waals surface area contributed by atoms with Gasteiger partial charge in [-0.1, -0.05) is 0 Å². The average Bonchev–Trinajstić information content (AvgIpc) is 3.57. The first-order chi connectivity index (χ1) is 17.6. The maximum Gasteiger partial charge on any atom is 0.433 e. The number of oxazole rings is 1. The van der Waals surface area contributed by atoms with Gasteiger partial charge in [0, 0.05) is 30.6 Å². The molecule has 12 heteroatoms. The quantitative estimate of drug-likeness (QED) is 0.531. The molecule has 1 aromatic carbocycles. The molecule has 0 unspecified atom stereocenters. The fourth-order valence-electron chi connectivity index (χ4n) is 4.45. The van der Waals surface area contributed by atoms with Crippen molar-refractivity contribution in [2.45, 2.75) is 32.0 Å². The summed E-state index contributed by atoms with van der Waals surface area (Å²) in [5, 5.41) is 0.299. The minimum absolute atomic E-state index is 0.00329. The largest absolute Gasteiger partial charge is 0.494 e. The fraction of sp³-hybridized carbons (Fsp3) is 0.440. The number of pyridine rings is 1. The van der Waals surface area contributed by atoms with Gasteiger partial charge < -0.3 is 24.7 Å². The molecule has 0 spiro atoms. The number of carbonyl (C=O) groups excluding carboxylic acids is 2. The van der Waals surface area contributed by atoms with Crippen LogP contribution >= 0.6 is 0 Å². The van der Waals surface area contributed by atoms with E-state index < -0.39 is 23.8 Å². The molecule has 2 N–H and O–H groups in total. The molecule has 2 aromatic heterocycles. The first-order valence-electron chi connectivity index (χ1n) is 12.0. The zero-order valence-corrected chi connectivity index (χ0v) is 20.3. The minimum atomic E-state index is -4.64. The maximum absolute atomic E-state index is 13.4. The number of carbonyl (C=O) groups is 2. The zero-order chi connectivity index (χ0) is 26.5. The van der Waals surface area contributed by atoms with Gasteiger partial charge in [-0.05, 0) is 49.9 Å². The van der Waals surface area contributed by atoms with E-state index in [1.807, 2.05) is 0 Å². The summed E-state index contributed by atoms with van der Waals surface area (Å²) in [7, 11) is 1.33. The van der Waals surface area contributed by atoms with Gasteiger partial charge in [0.1, 0.15) is 23.5 Å². The molecule has 1 atom stereocenters. The van der Waals surface area contributed by atoms with Crippen molar-refractivity contribution in [2.24, 2.45) is 11.7 Å². The van der Waals surface area contributed by atoms with Crippen molar-refractivity contribution in [2.75, 3.05) is 33.3 Å². The Balaban J connectivity index is 1.50. The number of piperazine rings is 1. The number of nitrogens with zero attached hydrogens (tertiary/aromatic N) is 4. The molecule has 3 aromatic rings. The Labute approximate surface area is 210 Å². The Morgan fingerprint density at radius 3 is 2.59 bits per heavy atom. The predicted molar refractivity (Wildman–Crippen MR) is 127 cm³/mol. The lowest BCUT2D eigenvalue weighted by Crippen LogP contribution is -2.52. The number of amides is 2. The molecule has 5 rings (SSSR count). The van der Waals surface area contributed by atoms with Crippen molar-refractivity contribution in [1.29, 1.82) is 0 Å². The highest BCUT2D eigenvalue weighted by Gasteiger charge is 2.36. The van der Waals surface area contributed by atoms with Gasteiger partial charge in [0.25, 0.3) is 5.91 Å². The number of aromatic nitrogens is 2. The number of rotatable bonds is 6. The molecule has 196 valence electrons. The summed E-state index contributed by atoms with van der Waals surface area (Å²) in [6.07, 6.45) is -2.39. The van der Waals surface area contributed by atoms with Gasteiger partial charge in [0.15, 0.2) is 11.5 Å². The zero-order valence-electron chi connectivity index (χ0n) is 20.3. The van der Waals surface area contributed by atoms with Crippen LogP contribution in [-0.2, 0) is 11.0 Å². The van der Waals surface area contributed by atoms with Gasteiger partial charge in [-0.25, -0.2) is 9.97 Å². The number of hydrogen-bond donors (Lipinski definition) is 1. The third-order valence-electron chi connectivity index (χ3n) is 6.61. The van der Waals surface area contributed by atoms with Gasteiger partial charge in [-0.15, -0.1) is 0 Å². The maximum atomic E-state index is 13.4. The van der Waals surface area contributed by atoms with E-state index in [2.05, 4.69) is 9.97 Å². The van der Waals surface area contributed by atoms with Crippen LogP contribution in [0.5, 0.6) is 5.75 Å². The number of halogens is 3. The normalized spacial score (nSPS) is 17.4. The van der Waals surface area contributed by atoms with Crippen LogP contribution in [0.2, 0.25) is 0 Å². The second-order valence-electron chi connectivity index (χ2n) is 9.44. The van der Waals surface area contributed by atoms with Crippen LogP contribution in [0.3, 0.4) is 0 Å². The Morgan fingerprint density at radius 1 is 1.22 bits per heavy atom. The van der Waals surface area contributed by atoms with Crippen LogP contribution in [0.15, 0.2) is 28.7 Å². The lowest BCUT2D eigenvalue weighted by Gasteiger charge is -2.34. The molecule has 0 radical (unpaired) electrons. The van der Waals surface area contributed by atoms with Crippen molar-refractivity contribution in [3.05, 3.63) is 41.4 Å². The van der Waals surface area contributed by atoms with Gasteiger partial charge in [0.05, 0.1) is 13.2 Å². The average molecular weight is 518 g/mol. The minimum Gasteiger partial charge on any atom is -0.494 e. The molecule has 0 bridgehead atoms.